The van der Waals surface area contributed by atoms with Crippen LogP contribution in [0.1, 0.15) is 18.3 Å². The highest BCUT2D eigenvalue weighted by atomic mass is 35.5. The summed E-state index contributed by atoms with van der Waals surface area (Å²) in [5.74, 6) is 0.00724. The number of aromatic nitrogens is 3. The van der Waals surface area contributed by atoms with Crippen molar-refractivity contribution in [1.29, 1.82) is 0 Å². The van der Waals surface area contributed by atoms with Crippen LogP contribution < -0.4 is 5.32 Å². The number of nitro benzene ring substituents is 1. The van der Waals surface area contributed by atoms with Gasteiger partial charge in [0, 0.05) is 23.7 Å². The van der Waals surface area contributed by atoms with Gasteiger partial charge in [0.2, 0.25) is 11.1 Å². The van der Waals surface area contributed by atoms with E-state index in [4.69, 9.17) is 11.6 Å². The second kappa shape index (κ2) is 8.94. The molecule has 13 heteroatoms. The van der Waals surface area contributed by atoms with E-state index >= 15 is 0 Å². The lowest BCUT2D eigenvalue weighted by Crippen LogP contribution is -2.21. The zero-order chi connectivity index (χ0) is 22.8. The third kappa shape index (κ3) is 5.33. The third-order valence-electron chi connectivity index (χ3n) is 3.96. The Morgan fingerprint density at radius 3 is 2.48 bits per heavy atom. The molecule has 0 spiro atoms. The van der Waals surface area contributed by atoms with Crippen LogP contribution in [0.3, 0.4) is 0 Å². The Balaban J connectivity index is 2.06. The summed E-state index contributed by atoms with van der Waals surface area (Å²) in [5.41, 5.74) is -1.30. The van der Waals surface area contributed by atoms with Crippen LogP contribution in [0.5, 0.6) is 0 Å². The van der Waals surface area contributed by atoms with Crippen molar-refractivity contribution in [3.63, 3.8) is 0 Å². The number of rotatable bonds is 6. The summed E-state index contributed by atoms with van der Waals surface area (Å²) >= 11 is 6.70. The first-order valence-electron chi connectivity index (χ1n) is 8.54. The van der Waals surface area contributed by atoms with Crippen molar-refractivity contribution < 1.29 is 22.9 Å². The number of nitro groups is 1. The molecular formula is C18H13ClF3N5O3S. The molecule has 0 saturated carbocycles. The number of alkyl halides is 3. The molecule has 0 atom stereocenters. The first-order chi connectivity index (χ1) is 14.6. The lowest BCUT2D eigenvalue weighted by molar-refractivity contribution is -0.388. The van der Waals surface area contributed by atoms with E-state index in [0.717, 1.165) is 23.9 Å². The fourth-order valence-electron chi connectivity index (χ4n) is 2.55. The molecule has 1 aromatic heterocycles. The molecule has 0 saturated heterocycles. The van der Waals surface area contributed by atoms with Gasteiger partial charge in [-0.3, -0.25) is 19.5 Å². The van der Waals surface area contributed by atoms with Gasteiger partial charge in [0.15, 0.2) is 5.82 Å². The number of carbonyl (C=O) groups is 1. The first kappa shape index (κ1) is 22.6. The Labute approximate surface area is 182 Å². The van der Waals surface area contributed by atoms with Gasteiger partial charge in [-0.05, 0) is 48.2 Å². The van der Waals surface area contributed by atoms with E-state index < -0.39 is 22.4 Å². The monoisotopic (exact) mass is 471 g/mol. The second-order valence-electron chi connectivity index (χ2n) is 6.16. The standard InChI is InChI=1S/C18H13ClF3N5O3S/c1-10(28)23-9-16-24-25-17(26(16)13-5-3-12(19)4-6-13)31-15-7-2-11(18(20,21)22)8-14(15)27(29)30/h2-8H,9H2,1H3,(H,23,28). The number of amides is 1. The van der Waals surface area contributed by atoms with Crippen molar-refractivity contribution in [3.05, 3.63) is 69.0 Å². The lowest BCUT2D eigenvalue weighted by atomic mass is 10.2. The molecule has 162 valence electrons. The van der Waals surface area contributed by atoms with Crippen molar-refractivity contribution >= 4 is 35.0 Å². The van der Waals surface area contributed by atoms with E-state index in [1.54, 1.807) is 24.3 Å². The maximum atomic E-state index is 13.0. The van der Waals surface area contributed by atoms with Crippen molar-refractivity contribution in [3.8, 4) is 5.69 Å². The SMILES string of the molecule is CC(=O)NCc1nnc(Sc2ccc(C(F)(F)F)cc2[N+](=O)[O-])n1-c1ccc(Cl)cc1. The van der Waals surface area contributed by atoms with Gasteiger partial charge in [-0.25, -0.2) is 0 Å². The van der Waals surface area contributed by atoms with Gasteiger partial charge in [0.25, 0.3) is 5.69 Å². The van der Waals surface area contributed by atoms with E-state index in [9.17, 15) is 28.1 Å². The summed E-state index contributed by atoms with van der Waals surface area (Å²) in [6.45, 7) is 1.34. The van der Waals surface area contributed by atoms with Crippen LogP contribution >= 0.6 is 23.4 Å². The van der Waals surface area contributed by atoms with Crippen molar-refractivity contribution in [1.82, 2.24) is 20.1 Å². The van der Waals surface area contributed by atoms with Crippen LogP contribution in [0.2, 0.25) is 5.02 Å². The summed E-state index contributed by atoms with van der Waals surface area (Å²) in [4.78, 5) is 21.7. The number of nitrogens with zero attached hydrogens (tertiary/aromatic N) is 4. The van der Waals surface area contributed by atoms with E-state index in [2.05, 4.69) is 15.5 Å². The number of hydrogen-bond acceptors (Lipinski definition) is 6. The van der Waals surface area contributed by atoms with Gasteiger partial charge in [0.05, 0.1) is 21.9 Å². The smallest absolute Gasteiger partial charge is 0.349 e. The lowest BCUT2D eigenvalue weighted by Gasteiger charge is -2.11. The summed E-state index contributed by atoms with van der Waals surface area (Å²) < 4.78 is 40.4. The minimum absolute atomic E-state index is 0.0145. The molecule has 1 N–H and O–H groups in total. The van der Waals surface area contributed by atoms with E-state index in [0.29, 0.717) is 22.6 Å². The molecule has 31 heavy (non-hydrogen) atoms. The Bertz CT molecular complexity index is 1140. The molecular weight excluding hydrogens is 459 g/mol. The van der Waals surface area contributed by atoms with E-state index in [-0.39, 0.29) is 22.5 Å². The number of hydrogen-bond donors (Lipinski definition) is 1. The second-order valence-corrected chi connectivity index (χ2v) is 7.61. The van der Waals surface area contributed by atoms with Crippen molar-refractivity contribution in [2.24, 2.45) is 0 Å². The normalized spacial score (nSPS) is 11.4. The van der Waals surface area contributed by atoms with Gasteiger partial charge in [0.1, 0.15) is 0 Å². The van der Waals surface area contributed by atoms with E-state index in [1.165, 1.54) is 11.5 Å². The molecule has 0 aliphatic carbocycles. The molecule has 8 nitrogen and oxygen atoms in total. The average molecular weight is 472 g/mol. The predicted molar refractivity (Wildman–Crippen MR) is 106 cm³/mol. The Morgan fingerprint density at radius 1 is 1.23 bits per heavy atom. The Hall–Kier alpha value is -3.12. The number of carbonyl (C=O) groups excluding carboxylic acids is 1. The topological polar surface area (TPSA) is 103 Å². The van der Waals surface area contributed by atoms with Gasteiger partial charge >= 0.3 is 6.18 Å². The molecule has 1 amide bonds. The Kier molecular flexibility index (Phi) is 6.51. The molecule has 2 aromatic carbocycles. The maximum Gasteiger partial charge on any atom is 0.416 e. The van der Waals surface area contributed by atoms with Gasteiger partial charge < -0.3 is 5.32 Å². The van der Waals surface area contributed by atoms with Gasteiger partial charge in [-0.15, -0.1) is 10.2 Å². The van der Waals surface area contributed by atoms with Crippen LogP contribution in [0.25, 0.3) is 5.69 Å². The molecule has 0 unspecified atom stereocenters. The highest BCUT2D eigenvalue weighted by molar-refractivity contribution is 7.99. The summed E-state index contributed by atoms with van der Waals surface area (Å²) in [6.07, 6.45) is -4.72. The van der Waals surface area contributed by atoms with Crippen LogP contribution in [0.15, 0.2) is 52.5 Å². The molecule has 0 radical (unpaired) electrons. The van der Waals surface area contributed by atoms with Crippen LogP contribution in [0.4, 0.5) is 18.9 Å². The molecule has 0 aliphatic rings. The number of halogens is 4. The highest BCUT2D eigenvalue weighted by Gasteiger charge is 2.33. The van der Waals surface area contributed by atoms with Gasteiger partial charge in [-0.2, -0.15) is 13.2 Å². The number of benzene rings is 2. The molecule has 0 bridgehead atoms. The minimum Gasteiger partial charge on any atom is -0.349 e. The maximum absolute atomic E-state index is 13.0. The molecule has 0 fully saturated rings. The average Bonchev–Trinajstić information content (AvgIpc) is 3.08. The molecule has 0 aliphatic heterocycles. The molecule has 1 heterocycles. The van der Waals surface area contributed by atoms with Gasteiger partial charge in [-0.1, -0.05) is 11.6 Å². The quantitative estimate of drug-likeness (QED) is 0.415. The zero-order valence-electron chi connectivity index (χ0n) is 15.7. The minimum atomic E-state index is -4.72. The predicted octanol–water partition coefficient (Wildman–Crippen LogP) is 4.64. The Morgan fingerprint density at radius 2 is 1.90 bits per heavy atom. The molecule has 3 aromatic rings. The van der Waals surface area contributed by atoms with Crippen molar-refractivity contribution in [2.45, 2.75) is 29.7 Å². The fourth-order valence-corrected chi connectivity index (χ4v) is 3.64. The zero-order valence-corrected chi connectivity index (χ0v) is 17.3. The summed E-state index contributed by atoms with van der Waals surface area (Å²) in [6, 6.07) is 8.75. The number of nitrogens with one attached hydrogen (secondary N) is 1. The van der Waals surface area contributed by atoms with Crippen LogP contribution in [-0.4, -0.2) is 25.6 Å². The summed E-state index contributed by atoms with van der Waals surface area (Å²) in [7, 11) is 0. The summed E-state index contributed by atoms with van der Waals surface area (Å²) in [5, 5.41) is 22.6. The van der Waals surface area contributed by atoms with E-state index in [1.807, 2.05) is 0 Å². The molecule has 3 rings (SSSR count). The fraction of sp³-hybridized carbons (Fsp3) is 0.167. The first-order valence-corrected chi connectivity index (χ1v) is 9.74. The largest absolute Gasteiger partial charge is 0.416 e. The van der Waals surface area contributed by atoms with Crippen LogP contribution in [-0.2, 0) is 17.5 Å². The highest BCUT2D eigenvalue weighted by Crippen LogP contribution is 2.39. The van der Waals surface area contributed by atoms with Crippen molar-refractivity contribution in [2.75, 3.05) is 0 Å². The van der Waals surface area contributed by atoms with Crippen LogP contribution in [0, 0.1) is 10.1 Å². The third-order valence-corrected chi connectivity index (χ3v) is 5.23.